The van der Waals surface area contributed by atoms with Crippen LogP contribution in [-0.4, -0.2) is 15.9 Å². The number of hydrogen-bond donors (Lipinski definition) is 2. The van der Waals surface area contributed by atoms with Gasteiger partial charge < -0.3 is 10.6 Å². The molecule has 0 spiro atoms. The van der Waals surface area contributed by atoms with Crippen LogP contribution in [0.2, 0.25) is 5.02 Å². The summed E-state index contributed by atoms with van der Waals surface area (Å²) in [5.74, 6) is -0.608. The third kappa shape index (κ3) is 4.51. The Morgan fingerprint density at radius 2 is 1.92 bits per heavy atom. The van der Waals surface area contributed by atoms with Gasteiger partial charge in [0.25, 0.3) is 5.91 Å². The summed E-state index contributed by atoms with van der Waals surface area (Å²) in [7, 11) is 0. The van der Waals surface area contributed by atoms with Crippen molar-refractivity contribution >= 4 is 29.1 Å². The normalized spacial score (nSPS) is 10.3. The molecule has 2 aromatic carbocycles. The second-order valence-corrected chi connectivity index (χ2v) is 5.59. The van der Waals surface area contributed by atoms with Gasteiger partial charge in [0.15, 0.2) is 0 Å². The minimum atomic E-state index is -0.512. The van der Waals surface area contributed by atoms with Gasteiger partial charge in [-0.2, -0.15) is 0 Å². The minimum absolute atomic E-state index is 0.0123. The van der Waals surface area contributed by atoms with Crippen LogP contribution in [-0.2, 0) is 6.54 Å². The summed E-state index contributed by atoms with van der Waals surface area (Å²) in [5, 5.41) is 5.67. The monoisotopic (exact) mass is 356 g/mol. The van der Waals surface area contributed by atoms with Gasteiger partial charge in [0.1, 0.15) is 11.5 Å². The smallest absolute Gasteiger partial charge is 0.270 e. The van der Waals surface area contributed by atoms with Gasteiger partial charge in [-0.25, -0.2) is 14.4 Å². The fourth-order valence-corrected chi connectivity index (χ4v) is 2.30. The van der Waals surface area contributed by atoms with Crippen LogP contribution in [0.15, 0.2) is 60.8 Å². The molecule has 0 atom stereocenters. The molecule has 1 aromatic heterocycles. The van der Waals surface area contributed by atoms with Gasteiger partial charge in [0.2, 0.25) is 5.95 Å². The molecule has 2 N–H and O–H groups in total. The third-order valence-electron chi connectivity index (χ3n) is 3.36. The van der Waals surface area contributed by atoms with Crippen molar-refractivity contribution in [3.8, 4) is 0 Å². The molecule has 7 heteroatoms. The van der Waals surface area contributed by atoms with Crippen LogP contribution in [0.1, 0.15) is 16.1 Å². The summed E-state index contributed by atoms with van der Waals surface area (Å²) >= 11 is 5.74. The molecule has 0 unspecified atom stereocenters. The number of nitrogens with zero attached hydrogens (tertiary/aromatic N) is 2. The Labute approximate surface area is 148 Å². The van der Waals surface area contributed by atoms with E-state index in [9.17, 15) is 9.18 Å². The quantitative estimate of drug-likeness (QED) is 0.726. The number of amides is 1. The zero-order valence-corrected chi connectivity index (χ0v) is 13.8. The highest BCUT2D eigenvalue weighted by atomic mass is 35.5. The van der Waals surface area contributed by atoms with E-state index in [2.05, 4.69) is 20.6 Å². The Morgan fingerprint density at radius 3 is 2.68 bits per heavy atom. The molecular formula is C18H14ClFN4O. The van der Waals surface area contributed by atoms with Crippen molar-refractivity contribution in [3.63, 3.8) is 0 Å². The van der Waals surface area contributed by atoms with Crippen molar-refractivity contribution in [2.24, 2.45) is 0 Å². The Morgan fingerprint density at radius 1 is 1.12 bits per heavy atom. The van der Waals surface area contributed by atoms with Gasteiger partial charge in [-0.15, -0.1) is 0 Å². The molecule has 126 valence electrons. The van der Waals surface area contributed by atoms with E-state index in [4.69, 9.17) is 11.6 Å². The molecule has 0 saturated carbocycles. The lowest BCUT2D eigenvalue weighted by Crippen LogP contribution is -2.24. The Bertz CT molecular complexity index is 889. The molecular weight excluding hydrogens is 343 g/mol. The third-order valence-corrected chi connectivity index (χ3v) is 3.65. The molecule has 0 aliphatic heterocycles. The van der Waals surface area contributed by atoms with Crippen LogP contribution in [0.3, 0.4) is 0 Å². The van der Waals surface area contributed by atoms with E-state index in [1.165, 1.54) is 30.5 Å². The first-order chi connectivity index (χ1) is 12.1. The number of hydrogen-bond acceptors (Lipinski definition) is 4. The lowest BCUT2D eigenvalue weighted by atomic mass is 10.2. The van der Waals surface area contributed by atoms with Crippen molar-refractivity contribution in [2.75, 3.05) is 5.32 Å². The van der Waals surface area contributed by atoms with Crippen LogP contribution in [0, 0.1) is 5.82 Å². The van der Waals surface area contributed by atoms with Crippen molar-refractivity contribution in [1.82, 2.24) is 15.3 Å². The zero-order chi connectivity index (χ0) is 17.6. The zero-order valence-electron chi connectivity index (χ0n) is 13.0. The van der Waals surface area contributed by atoms with Gasteiger partial charge in [-0.1, -0.05) is 41.9 Å². The van der Waals surface area contributed by atoms with E-state index >= 15 is 0 Å². The maximum atomic E-state index is 13.2. The predicted octanol–water partition coefficient (Wildman–Crippen LogP) is 3.94. The van der Waals surface area contributed by atoms with Crippen molar-refractivity contribution in [1.29, 1.82) is 0 Å². The van der Waals surface area contributed by atoms with E-state index in [0.717, 1.165) is 5.56 Å². The average Bonchev–Trinajstić information content (AvgIpc) is 2.64. The van der Waals surface area contributed by atoms with Gasteiger partial charge >= 0.3 is 0 Å². The van der Waals surface area contributed by atoms with Gasteiger partial charge in [-0.3, -0.25) is 4.79 Å². The number of carbonyl (C=O) groups excluding carboxylic acids is 1. The van der Waals surface area contributed by atoms with E-state index < -0.39 is 5.82 Å². The Balaban J connectivity index is 1.68. The van der Waals surface area contributed by atoms with E-state index in [1.807, 2.05) is 30.3 Å². The molecule has 5 nitrogen and oxygen atoms in total. The standard InChI is InChI=1S/C18H14ClFN4O/c19-14-10-13(6-7-15(14)20)23-18-21-9-8-16(24-18)17(25)22-11-12-4-2-1-3-5-12/h1-10H,11H2,(H,22,25)(H,21,23,24). The number of nitrogens with one attached hydrogen (secondary N) is 2. The fraction of sp³-hybridized carbons (Fsp3) is 0.0556. The summed E-state index contributed by atoms with van der Waals surface area (Å²) < 4.78 is 13.2. The van der Waals surface area contributed by atoms with Crippen molar-refractivity contribution < 1.29 is 9.18 Å². The molecule has 0 saturated heterocycles. The molecule has 1 amide bonds. The second-order valence-electron chi connectivity index (χ2n) is 5.19. The van der Waals surface area contributed by atoms with Crippen LogP contribution in [0.4, 0.5) is 16.0 Å². The lowest BCUT2D eigenvalue weighted by molar-refractivity contribution is 0.0946. The molecule has 3 rings (SSSR count). The first kappa shape index (κ1) is 16.9. The van der Waals surface area contributed by atoms with Crippen LogP contribution < -0.4 is 10.6 Å². The number of aromatic nitrogens is 2. The average molecular weight is 357 g/mol. The van der Waals surface area contributed by atoms with Gasteiger partial charge in [0.05, 0.1) is 5.02 Å². The molecule has 0 bridgehead atoms. The summed E-state index contributed by atoms with van der Waals surface area (Å²) in [5.41, 5.74) is 1.74. The lowest BCUT2D eigenvalue weighted by Gasteiger charge is -2.08. The summed E-state index contributed by atoms with van der Waals surface area (Å²) in [4.78, 5) is 20.4. The molecule has 1 heterocycles. The number of benzene rings is 2. The Kier molecular flexibility index (Phi) is 5.20. The molecule has 3 aromatic rings. The highest BCUT2D eigenvalue weighted by Crippen LogP contribution is 2.21. The van der Waals surface area contributed by atoms with E-state index in [-0.39, 0.29) is 22.6 Å². The first-order valence-corrected chi connectivity index (χ1v) is 7.87. The maximum Gasteiger partial charge on any atom is 0.270 e. The largest absolute Gasteiger partial charge is 0.347 e. The summed E-state index contributed by atoms with van der Waals surface area (Å²) in [6.45, 7) is 0.403. The number of anilines is 2. The molecule has 25 heavy (non-hydrogen) atoms. The summed E-state index contributed by atoms with van der Waals surface area (Å²) in [6.07, 6.45) is 1.47. The fourth-order valence-electron chi connectivity index (χ4n) is 2.12. The van der Waals surface area contributed by atoms with E-state index in [0.29, 0.717) is 12.2 Å². The molecule has 0 aliphatic carbocycles. The van der Waals surface area contributed by atoms with Gasteiger partial charge in [-0.05, 0) is 29.8 Å². The van der Waals surface area contributed by atoms with Crippen LogP contribution in [0.5, 0.6) is 0 Å². The Hall–Kier alpha value is -2.99. The SMILES string of the molecule is O=C(NCc1ccccc1)c1ccnc(Nc2ccc(F)c(Cl)c2)n1. The second kappa shape index (κ2) is 7.72. The van der Waals surface area contributed by atoms with Crippen molar-refractivity contribution in [2.45, 2.75) is 6.54 Å². The molecule has 0 fully saturated rings. The number of carbonyl (C=O) groups is 1. The van der Waals surface area contributed by atoms with E-state index in [1.54, 1.807) is 0 Å². The number of rotatable bonds is 5. The first-order valence-electron chi connectivity index (χ1n) is 7.49. The maximum absolute atomic E-state index is 13.2. The highest BCUT2D eigenvalue weighted by Gasteiger charge is 2.09. The highest BCUT2D eigenvalue weighted by molar-refractivity contribution is 6.31. The van der Waals surface area contributed by atoms with Gasteiger partial charge in [0, 0.05) is 18.4 Å². The molecule has 0 radical (unpaired) electrons. The summed E-state index contributed by atoms with van der Waals surface area (Å²) in [6, 6.07) is 15.2. The molecule has 0 aliphatic rings. The van der Waals surface area contributed by atoms with Crippen molar-refractivity contribution in [3.05, 3.63) is 82.9 Å². The predicted molar refractivity (Wildman–Crippen MR) is 94.3 cm³/mol. The minimum Gasteiger partial charge on any atom is -0.347 e. The van der Waals surface area contributed by atoms with Crippen LogP contribution >= 0.6 is 11.6 Å². The number of halogens is 2. The topological polar surface area (TPSA) is 66.9 Å². The van der Waals surface area contributed by atoms with Crippen LogP contribution in [0.25, 0.3) is 0 Å².